The number of likely N-dealkylation sites (N-methyl/N-ethyl adjacent to an activating group) is 1. The van der Waals surface area contributed by atoms with Crippen LogP contribution in [0.25, 0.3) is 17.0 Å². The second kappa shape index (κ2) is 4.28. The number of fused-ring (bicyclic) bond motifs is 1. The summed E-state index contributed by atoms with van der Waals surface area (Å²) in [5.41, 5.74) is 5.10. The van der Waals surface area contributed by atoms with Crippen molar-refractivity contribution in [2.75, 3.05) is 14.1 Å². The van der Waals surface area contributed by atoms with Crippen LogP contribution in [0.2, 0.25) is 0 Å². The highest BCUT2D eigenvalue weighted by Gasteiger charge is 2.24. The third-order valence-electron chi connectivity index (χ3n) is 3.09. The zero-order chi connectivity index (χ0) is 13.4. The number of nitrogens with one attached hydrogen (secondary N) is 2. The van der Waals surface area contributed by atoms with E-state index in [2.05, 4.69) is 15.5 Å². The van der Waals surface area contributed by atoms with Crippen LogP contribution < -0.4 is 5.43 Å². The van der Waals surface area contributed by atoms with Crippen molar-refractivity contribution in [1.29, 1.82) is 0 Å². The van der Waals surface area contributed by atoms with Crippen molar-refractivity contribution in [1.82, 2.24) is 15.3 Å². The van der Waals surface area contributed by atoms with E-state index in [-0.39, 0.29) is 5.91 Å². The van der Waals surface area contributed by atoms with Gasteiger partial charge in [-0.05, 0) is 12.1 Å². The van der Waals surface area contributed by atoms with Crippen LogP contribution in [0.1, 0.15) is 5.56 Å². The molecule has 2 aromatic rings. The molecule has 1 aromatic carbocycles. The lowest BCUT2D eigenvalue weighted by Gasteiger charge is -2.10. The van der Waals surface area contributed by atoms with E-state index in [0.717, 1.165) is 16.5 Å². The van der Waals surface area contributed by atoms with Gasteiger partial charge in [-0.15, -0.1) is 0 Å². The lowest BCUT2D eigenvalue weighted by Crippen LogP contribution is -2.23. The minimum Gasteiger partial charge on any atom is -0.361 e. The highest BCUT2D eigenvalue weighted by Crippen LogP contribution is 2.22. The zero-order valence-corrected chi connectivity index (χ0v) is 10.8. The van der Waals surface area contributed by atoms with Gasteiger partial charge in [-0.25, -0.2) is 5.43 Å². The summed E-state index contributed by atoms with van der Waals surface area (Å²) in [6, 6.07) is 7.99. The molecule has 0 spiro atoms. The fourth-order valence-electron chi connectivity index (χ4n) is 2.17. The van der Waals surface area contributed by atoms with Crippen LogP contribution >= 0.6 is 0 Å². The van der Waals surface area contributed by atoms with Gasteiger partial charge in [0, 0.05) is 36.8 Å². The molecule has 2 N–H and O–H groups in total. The first-order valence-electron chi connectivity index (χ1n) is 6.00. The fourth-order valence-corrected chi connectivity index (χ4v) is 2.17. The summed E-state index contributed by atoms with van der Waals surface area (Å²) in [7, 11) is 3.73. The molecule has 1 aliphatic heterocycles. The summed E-state index contributed by atoms with van der Waals surface area (Å²) in [5, 5.41) is 5.11. The van der Waals surface area contributed by atoms with E-state index in [1.165, 1.54) is 0 Å². The number of hydrogen-bond donors (Lipinski definition) is 2. The lowest BCUT2D eigenvalue weighted by molar-refractivity contribution is -0.116. The van der Waals surface area contributed by atoms with Crippen molar-refractivity contribution in [2.45, 2.75) is 0 Å². The van der Waals surface area contributed by atoms with E-state index in [4.69, 9.17) is 0 Å². The van der Waals surface area contributed by atoms with Gasteiger partial charge in [0.05, 0.1) is 5.57 Å². The molecule has 0 fully saturated rings. The van der Waals surface area contributed by atoms with Gasteiger partial charge in [-0.1, -0.05) is 18.2 Å². The van der Waals surface area contributed by atoms with E-state index in [1.54, 1.807) is 0 Å². The SMILES string of the molecule is CN(C)C1=NNC(=O)/C1=C\c1c[nH]c2ccccc12. The maximum Gasteiger partial charge on any atom is 0.275 e. The van der Waals surface area contributed by atoms with E-state index in [1.807, 2.05) is 55.5 Å². The molecule has 2 heterocycles. The molecule has 0 saturated heterocycles. The number of rotatable bonds is 1. The predicted octanol–water partition coefficient (Wildman–Crippen LogP) is 1.56. The van der Waals surface area contributed by atoms with Crippen LogP contribution in [0.4, 0.5) is 0 Å². The molecule has 0 unspecified atom stereocenters. The number of H-pyrrole nitrogens is 1. The van der Waals surface area contributed by atoms with Crippen molar-refractivity contribution in [2.24, 2.45) is 5.10 Å². The van der Waals surface area contributed by atoms with Gasteiger partial charge < -0.3 is 9.88 Å². The smallest absolute Gasteiger partial charge is 0.275 e. The number of carbonyl (C=O) groups excluding carboxylic acids is 1. The van der Waals surface area contributed by atoms with Crippen LogP contribution in [-0.4, -0.2) is 35.7 Å². The summed E-state index contributed by atoms with van der Waals surface area (Å²) in [6.07, 6.45) is 3.76. The average Bonchev–Trinajstić information content (AvgIpc) is 2.96. The van der Waals surface area contributed by atoms with Crippen molar-refractivity contribution in [3.05, 3.63) is 41.6 Å². The van der Waals surface area contributed by atoms with Crippen LogP contribution in [0.3, 0.4) is 0 Å². The average molecular weight is 254 g/mol. The molecule has 1 aromatic heterocycles. The van der Waals surface area contributed by atoms with Crippen LogP contribution in [0.5, 0.6) is 0 Å². The summed E-state index contributed by atoms with van der Waals surface area (Å²) < 4.78 is 0. The quantitative estimate of drug-likeness (QED) is 0.759. The van der Waals surface area contributed by atoms with Crippen molar-refractivity contribution < 1.29 is 4.79 Å². The van der Waals surface area contributed by atoms with Crippen molar-refractivity contribution in [3.8, 4) is 0 Å². The maximum atomic E-state index is 11.8. The first-order valence-corrected chi connectivity index (χ1v) is 6.00. The minimum absolute atomic E-state index is 0.172. The molecule has 5 heteroatoms. The van der Waals surface area contributed by atoms with Crippen molar-refractivity contribution in [3.63, 3.8) is 0 Å². The minimum atomic E-state index is -0.172. The Kier molecular flexibility index (Phi) is 2.59. The van der Waals surface area contributed by atoms with E-state index in [0.29, 0.717) is 11.4 Å². The second-order valence-corrected chi connectivity index (χ2v) is 4.62. The predicted molar refractivity (Wildman–Crippen MR) is 75.5 cm³/mol. The van der Waals surface area contributed by atoms with Gasteiger partial charge in [-0.3, -0.25) is 4.79 Å². The van der Waals surface area contributed by atoms with Crippen molar-refractivity contribution >= 4 is 28.7 Å². The van der Waals surface area contributed by atoms with Gasteiger partial charge in [0.15, 0.2) is 5.84 Å². The molecule has 5 nitrogen and oxygen atoms in total. The molecule has 3 rings (SSSR count). The molecule has 1 amide bonds. The highest BCUT2D eigenvalue weighted by atomic mass is 16.2. The Morgan fingerprint density at radius 2 is 2.05 bits per heavy atom. The largest absolute Gasteiger partial charge is 0.361 e. The highest BCUT2D eigenvalue weighted by molar-refractivity contribution is 6.27. The van der Waals surface area contributed by atoms with E-state index < -0.39 is 0 Å². The van der Waals surface area contributed by atoms with Gasteiger partial charge in [0.1, 0.15) is 0 Å². The van der Waals surface area contributed by atoms with Crippen LogP contribution in [0, 0.1) is 0 Å². The third kappa shape index (κ3) is 1.89. The summed E-state index contributed by atoms with van der Waals surface area (Å²) in [4.78, 5) is 16.8. The summed E-state index contributed by atoms with van der Waals surface area (Å²) in [5.74, 6) is 0.476. The Balaban J connectivity index is 2.10. The topological polar surface area (TPSA) is 60.5 Å². The Morgan fingerprint density at radius 3 is 2.84 bits per heavy atom. The molecular formula is C14H14N4O. The first-order chi connectivity index (χ1) is 9.16. The van der Waals surface area contributed by atoms with E-state index >= 15 is 0 Å². The molecule has 0 bridgehead atoms. The Morgan fingerprint density at radius 1 is 1.26 bits per heavy atom. The Labute approximate surface area is 110 Å². The van der Waals surface area contributed by atoms with E-state index in [9.17, 15) is 4.79 Å². The zero-order valence-electron chi connectivity index (χ0n) is 10.8. The number of aromatic amines is 1. The molecule has 19 heavy (non-hydrogen) atoms. The molecule has 0 aliphatic carbocycles. The maximum absolute atomic E-state index is 11.8. The number of hydrazone groups is 1. The Hall–Kier alpha value is -2.56. The molecular weight excluding hydrogens is 240 g/mol. The number of hydrogen-bond acceptors (Lipinski definition) is 3. The molecule has 96 valence electrons. The molecule has 1 aliphatic rings. The number of para-hydroxylation sites is 1. The number of benzene rings is 1. The molecule has 0 radical (unpaired) electrons. The number of nitrogens with zero attached hydrogens (tertiary/aromatic N) is 2. The monoisotopic (exact) mass is 254 g/mol. The van der Waals surface area contributed by atoms with Crippen LogP contribution in [-0.2, 0) is 4.79 Å². The van der Waals surface area contributed by atoms with Gasteiger partial charge >= 0.3 is 0 Å². The lowest BCUT2D eigenvalue weighted by atomic mass is 10.1. The fraction of sp³-hybridized carbons (Fsp3) is 0.143. The van der Waals surface area contributed by atoms with Gasteiger partial charge in [0.25, 0.3) is 5.91 Å². The molecule has 0 saturated carbocycles. The van der Waals surface area contributed by atoms with Gasteiger partial charge in [-0.2, -0.15) is 5.10 Å². The van der Waals surface area contributed by atoms with Crippen LogP contribution in [0.15, 0.2) is 41.1 Å². The molecule has 0 atom stereocenters. The number of amidine groups is 1. The Bertz CT molecular complexity index is 709. The number of carbonyl (C=O) groups is 1. The van der Waals surface area contributed by atoms with Gasteiger partial charge in [0.2, 0.25) is 0 Å². The normalized spacial score (nSPS) is 16.8. The summed E-state index contributed by atoms with van der Waals surface area (Å²) in [6.45, 7) is 0. The summed E-state index contributed by atoms with van der Waals surface area (Å²) >= 11 is 0. The third-order valence-corrected chi connectivity index (χ3v) is 3.09. The second-order valence-electron chi connectivity index (χ2n) is 4.62. The number of amides is 1. The standard InChI is InChI=1S/C14H14N4O/c1-18(2)13-11(14(19)17-16-13)7-9-8-15-12-6-4-3-5-10(9)12/h3-8,15H,1-2H3,(H,17,19)/b11-7-. The number of aromatic nitrogens is 1. The first kappa shape index (κ1) is 11.5.